The number of sulfonamides is 1. The van der Waals surface area contributed by atoms with Crippen LogP contribution in [0.5, 0.6) is 5.75 Å². The average molecular weight is 471 g/mol. The van der Waals surface area contributed by atoms with Gasteiger partial charge in [-0.1, -0.05) is 17.7 Å². The Bertz CT molecular complexity index is 1010. The fourth-order valence-electron chi connectivity index (χ4n) is 3.45. The van der Waals surface area contributed by atoms with E-state index in [-0.39, 0.29) is 48.7 Å². The summed E-state index contributed by atoms with van der Waals surface area (Å²) >= 11 is 0. The first kappa shape index (κ1) is 24.1. The molecule has 0 unspecified atom stereocenters. The molecule has 0 spiro atoms. The number of ether oxygens (including phenoxy) is 1. The van der Waals surface area contributed by atoms with Crippen LogP contribution in [0, 0.1) is 12.8 Å². The Hall–Kier alpha value is -2.59. The molecule has 0 radical (unpaired) electrons. The van der Waals surface area contributed by atoms with E-state index in [1.807, 2.05) is 6.92 Å². The van der Waals surface area contributed by atoms with Crippen LogP contribution in [0.1, 0.15) is 24.0 Å². The van der Waals surface area contributed by atoms with Crippen molar-refractivity contribution in [2.24, 2.45) is 5.92 Å². The van der Waals surface area contributed by atoms with Gasteiger partial charge in [-0.3, -0.25) is 4.79 Å². The van der Waals surface area contributed by atoms with Gasteiger partial charge in [-0.15, -0.1) is 0 Å². The fraction of sp³-hybridized carbons (Fsp3) is 0.409. The van der Waals surface area contributed by atoms with Crippen molar-refractivity contribution in [3.05, 3.63) is 59.7 Å². The topological polar surface area (TPSA) is 75.7 Å². The quantitative estimate of drug-likeness (QED) is 0.628. The Morgan fingerprint density at radius 3 is 2.22 bits per heavy atom. The van der Waals surface area contributed by atoms with Crippen LogP contribution in [-0.2, 0) is 21.0 Å². The number of alkyl halides is 3. The number of amides is 1. The second-order valence-electron chi connectivity index (χ2n) is 7.65. The lowest BCUT2D eigenvalue weighted by Crippen LogP contribution is -2.43. The first-order valence-electron chi connectivity index (χ1n) is 10.2. The van der Waals surface area contributed by atoms with Crippen LogP contribution in [0.15, 0.2) is 53.4 Å². The molecule has 1 aliphatic rings. The highest BCUT2D eigenvalue weighted by Gasteiger charge is 2.32. The Kier molecular flexibility index (Phi) is 7.45. The van der Waals surface area contributed by atoms with Crippen molar-refractivity contribution in [1.82, 2.24) is 9.62 Å². The van der Waals surface area contributed by atoms with Gasteiger partial charge < -0.3 is 10.1 Å². The third-order valence-corrected chi connectivity index (χ3v) is 7.25. The average Bonchev–Trinajstić information content (AvgIpc) is 2.76. The van der Waals surface area contributed by atoms with Crippen LogP contribution >= 0.6 is 0 Å². The highest BCUT2D eigenvalue weighted by atomic mass is 32.2. The molecule has 3 rings (SSSR count). The van der Waals surface area contributed by atoms with Crippen molar-refractivity contribution in [3.63, 3.8) is 0 Å². The van der Waals surface area contributed by atoms with Gasteiger partial charge in [0.1, 0.15) is 12.4 Å². The summed E-state index contributed by atoms with van der Waals surface area (Å²) < 4.78 is 69.9. The maximum Gasteiger partial charge on any atom is 0.416 e. The van der Waals surface area contributed by atoms with Gasteiger partial charge in [0, 0.05) is 19.0 Å². The zero-order valence-corrected chi connectivity index (χ0v) is 18.4. The Morgan fingerprint density at radius 1 is 1.06 bits per heavy atom. The van der Waals surface area contributed by atoms with Gasteiger partial charge in [-0.2, -0.15) is 17.5 Å². The van der Waals surface area contributed by atoms with Gasteiger partial charge in [-0.25, -0.2) is 8.42 Å². The molecule has 1 aliphatic heterocycles. The molecular weight excluding hydrogens is 445 g/mol. The summed E-state index contributed by atoms with van der Waals surface area (Å²) in [7, 11) is -3.58. The molecule has 0 aliphatic carbocycles. The molecule has 0 saturated carbocycles. The number of hydrogen-bond acceptors (Lipinski definition) is 4. The predicted molar refractivity (Wildman–Crippen MR) is 113 cm³/mol. The summed E-state index contributed by atoms with van der Waals surface area (Å²) in [4.78, 5) is 12.6. The molecule has 0 aromatic heterocycles. The van der Waals surface area contributed by atoms with Crippen molar-refractivity contribution in [2.75, 3.05) is 26.2 Å². The number of rotatable bonds is 7. The zero-order chi connectivity index (χ0) is 23.4. The van der Waals surface area contributed by atoms with E-state index in [1.165, 1.54) is 16.4 Å². The Balaban J connectivity index is 1.41. The summed E-state index contributed by atoms with van der Waals surface area (Å²) in [5, 5.41) is 2.74. The molecule has 2 aromatic rings. The monoisotopic (exact) mass is 470 g/mol. The molecule has 6 nitrogen and oxygen atoms in total. The Morgan fingerprint density at radius 2 is 1.66 bits per heavy atom. The molecule has 0 bridgehead atoms. The van der Waals surface area contributed by atoms with Gasteiger partial charge in [0.25, 0.3) is 0 Å². The smallest absolute Gasteiger partial charge is 0.416 e. The van der Waals surface area contributed by atoms with Crippen molar-refractivity contribution in [3.8, 4) is 5.75 Å². The second kappa shape index (κ2) is 9.91. The first-order chi connectivity index (χ1) is 15.1. The van der Waals surface area contributed by atoms with E-state index in [0.29, 0.717) is 12.8 Å². The van der Waals surface area contributed by atoms with Gasteiger partial charge in [0.2, 0.25) is 15.9 Å². The van der Waals surface area contributed by atoms with E-state index in [9.17, 15) is 26.4 Å². The maximum absolute atomic E-state index is 12.7. The van der Waals surface area contributed by atoms with Crippen LogP contribution in [0.4, 0.5) is 13.2 Å². The van der Waals surface area contributed by atoms with Crippen molar-refractivity contribution >= 4 is 15.9 Å². The normalized spacial score (nSPS) is 16.0. The minimum absolute atomic E-state index is 0.109. The third kappa shape index (κ3) is 6.01. The highest BCUT2D eigenvalue weighted by molar-refractivity contribution is 7.89. The van der Waals surface area contributed by atoms with E-state index >= 15 is 0 Å². The molecule has 174 valence electrons. The van der Waals surface area contributed by atoms with E-state index < -0.39 is 21.8 Å². The number of nitrogens with one attached hydrogen (secondary N) is 1. The summed E-state index contributed by atoms with van der Waals surface area (Å²) in [6, 6.07) is 11.0. The predicted octanol–water partition coefficient (Wildman–Crippen LogP) is 3.61. The van der Waals surface area contributed by atoms with Gasteiger partial charge in [0.05, 0.1) is 17.0 Å². The molecule has 1 heterocycles. The number of benzene rings is 2. The summed E-state index contributed by atoms with van der Waals surface area (Å²) in [5.41, 5.74) is 0.218. The fourth-order valence-corrected chi connectivity index (χ4v) is 4.91. The highest BCUT2D eigenvalue weighted by Crippen LogP contribution is 2.30. The molecule has 1 amide bonds. The third-order valence-electron chi connectivity index (χ3n) is 5.34. The lowest BCUT2D eigenvalue weighted by molar-refractivity contribution is -0.137. The molecule has 0 atom stereocenters. The van der Waals surface area contributed by atoms with Crippen LogP contribution in [0.3, 0.4) is 0 Å². The van der Waals surface area contributed by atoms with Gasteiger partial charge in [0.15, 0.2) is 0 Å². The SMILES string of the molecule is Cc1ccc(S(=O)(=O)N2CCC(C(=O)NCCOc3ccc(C(F)(F)F)cc3)CC2)cc1. The lowest BCUT2D eigenvalue weighted by Gasteiger charge is -2.30. The van der Waals surface area contributed by atoms with Gasteiger partial charge in [-0.05, 0) is 56.2 Å². The largest absolute Gasteiger partial charge is 0.492 e. The minimum Gasteiger partial charge on any atom is -0.492 e. The molecule has 1 saturated heterocycles. The van der Waals surface area contributed by atoms with E-state index in [2.05, 4.69) is 5.32 Å². The standard InChI is InChI=1S/C22H25F3N2O4S/c1-16-2-8-20(9-3-16)32(29,30)27-13-10-17(11-14-27)21(28)26-12-15-31-19-6-4-18(5-7-19)22(23,24)25/h2-9,17H,10-15H2,1H3,(H,26,28). The zero-order valence-electron chi connectivity index (χ0n) is 17.6. The van der Waals surface area contributed by atoms with Crippen LogP contribution in [-0.4, -0.2) is 44.9 Å². The van der Waals surface area contributed by atoms with Crippen molar-refractivity contribution in [1.29, 1.82) is 0 Å². The number of aryl methyl sites for hydroxylation is 1. The van der Waals surface area contributed by atoms with E-state index in [0.717, 1.165) is 17.7 Å². The summed E-state index contributed by atoms with van der Waals surface area (Å²) in [6.07, 6.45) is -3.57. The Labute approximate surface area is 185 Å². The summed E-state index contributed by atoms with van der Waals surface area (Å²) in [6.45, 7) is 2.71. The molecule has 1 fully saturated rings. The number of hydrogen-bond donors (Lipinski definition) is 1. The number of piperidine rings is 1. The van der Waals surface area contributed by atoms with Gasteiger partial charge >= 0.3 is 6.18 Å². The first-order valence-corrected chi connectivity index (χ1v) is 11.7. The van der Waals surface area contributed by atoms with Crippen molar-refractivity contribution < 1.29 is 31.1 Å². The number of halogens is 3. The number of carbonyl (C=O) groups excluding carboxylic acids is 1. The lowest BCUT2D eigenvalue weighted by atomic mass is 9.97. The number of carbonyl (C=O) groups is 1. The van der Waals surface area contributed by atoms with E-state index in [1.54, 1.807) is 24.3 Å². The van der Waals surface area contributed by atoms with Crippen LogP contribution < -0.4 is 10.1 Å². The number of nitrogens with zero attached hydrogens (tertiary/aromatic N) is 1. The van der Waals surface area contributed by atoms with E-state index in [4.69, 9.17) is 4.74 Å². The molecular formula is C22H25F3N2O4S. The van der Waals surface area contributed by atoms with Crippen LogP contribution in [0.2, 0.25) is 0 Å². The molecule has 10 heteroatoms. The maximum atomic E-state index is 12.7. The minimum atomic E-state index is -4.40. The summed E-state index contributed by atoms with van der Waals surface area (Å²) in [5.74, 6) is -0.208. The second-order valence-corrected chi connectivity index (χ2v) is 9.59. The molecule has 2 aromatic carbocycles. The van der Waals surface area contributed by atoms with Crippen LogP contribution in [0.25, 0.3) is 0 Å². The molecule has 1 N–H and O–H groups in total. The molecule has 32 heavy (non-hydrogen) atoms. The van der Waals surface area contributed by atoms with Crippen molar-refractivity contribution in [2.45, 2.75) is 30.8 Å².